The van der Waals surface area contributed by atoms with Crippen LogP contribution in [-0.2, 0) is 10.8 Å². The Bertz CT molecular complexity index is 155. The van der Waals surface area contributed by atoms with Crippen molar-refractivity contribution in [3.63, 3.8) is 0 Å². The molecule has 0 amide bonds. The molecule has 72 valence electrons. The summed E-state index contributed by atoms with van der Waals surface area (Å²) in [6.45, 7) is 5.18. The highest BCUT2D eigenvalue weighted by atomic mass is 32.2. The molecule has 0 aliphatic heterocycles. The predicted molar refractivity (Wildman–Crippen MR) is 53.7 cm³/mol. The molecule has 12 heavy (non-hydrogen) atoms. The van der Waals surface area contributed by atoms with Gasteiger partial charge in [-0.05, 0) is 18.8 Å². The Morgan fingerprint density at radius 3 is 2.67 bits per heavy atom. The minimum atomic E-state index is -0.593. The molecule has 0 spiro atoms. The van der Waals surface area contributed by atoms with Crippen molar-refractivity contribution in [2.45, 2.75) is 32.7 Å². The molecule has 1 atom stereocenters. The van der Waals surface area contributed by atoms with Crippen molar-refractivity contribution >= 4 is 10.8 Å². The Morgan fingerprint density at radius 2 is 2.17 bits per heavy atom. The largest absolute Gasteiger partial charge is 0.313 e. The molecule has 0 saturated heterocycles. The van der Waals surface area contributed by atoms with Gasteiger partial charge in [0.25, 0.3) is 0 Å². The molecule has 1 saturated carbocycles. The second-order valence-corrected chi connectivity index (χ2v) is 5.53. The van der Waals surface area contributed by atoms with Crippen LogP contribution in [-0.4, -0.2) is 28.3 Å². The van der Waals surface area contributed by atoms with E-state index in [9.17, 15) is 4.21 Å². The van der Waals surface area contributed by atoms with Crippen molar-refractivity contribution in [3.05, 3.63) is 0 Å². The smallest absolute Gasteiger partial charge is 0.0360 e. The van der Waals surface area contributed by atoms with E-state index in [4.69, 9.17) is 0 Å². The van der Waals surface area contributed by atoms with Crippen LogP contribution < -0.4 is 5.32 Å². The molecule has 1 aliphatic rings. The minimum absolute atomic E-state index is 0.593. The van der Waals surface area contributed by atoms with Gasteiger partial charge < -0.3 is 5.32 Å². The van der Waals surface area contributed by atoms with Crippen LogP contribution in [0.4, 0.5) is 0 Å². The summed E-state index contributed by atoms with van der Waals surface area (Å²) in [5.41, 5.74) is 0. The summed E-state index contributed by atoms with van der Waals surface area (Å²) in [5.74, 6) is 2.52. The van der Waals surface area contributed by atoms with E-state index in [0.29, 0.717) is 6.04 Å². The van der Waals surface area contributed by atoms with Crippen LogP contribution in [0.1, 0.15) is 26.7 Å². The van der Waals surface area contributed by atoms with Gasteiger partial charge in [-0.25, -0.2) is 0 Å². The van der Waals surface area contributed by atoms with E-state index in [1.54, 1.807) is 0 Å². The van der Waals surface area contributed by atoms with Gasteiger partial charge in [0.1, 0.15) is 0 Å². The SMILES string of the molecule is CCS(=O)CCNC1CC(C)C1. The van der Waals surface area contributed by atoms with Gasteiger partial charge in [-0.2, -0.15) is 0 Å². The number of hydrogen-bond acceptors (Lipinski definition) is 2. The third-order valence-electron chi connectivity index (χ3n) is 2.46. The molecule has 0 bridgehead atoms. The molecule has 0 aromatic heterocycles. The quantitative estimate of drug-likeness (QED) is 0.703. The van der Waals surface area contributed by atoms with Crippen LogP contribution in [0.2, 0.25) is 0 Å². The average molecular weight is 189 g/mol. The molecule has 2 nitrogen and oxygen atoms in total. The van der Waals surface area contributed by atoms with Crippen molar-refractivity contribution in [3.8, 4) is 0 Å². The Labute approximate surface area is 77.6 Å². The summed E-state index contributed by atoms with van der Waals surface area (Å²) in [4.78, 5) is 0. The zero-order valence-electron chi connectivity index (χ0n) is 8.01. The third-order valence-corrected chi connectivity index (χ3v) is 3.76. The maximum atomic E-state index is 11.0. The molecule has 1 N–H and O–H groups in total. The zero-order chi connectivity index (χ0) is 8.97. The molecule has 1 unspecified atom stereocenters. The molecule has 0 radical (unpaired) electrons. The Morgan fingerprint density at radius 1 is 1.50 bits per heavy atom. The fraction of sp³-hybridized carbons (Fsp3) is 1.00. The van der Waals surface area contributed by atoms with E-state index in [1.807, 2.05) is 6.92 Å². The molecule has 1 rings (SSSR count). The highest BCUT2D eigenvalue weighted by molar-refractivity contribution is 7.84. The van der Waals surface area contributed by atoms with E-state index in [1.165, 1.54) is 12.8 Å². The molecule has 3 heteroatoms. The van der Waals surface area contributed by atoms with Gasteiger partial charge in [0.05, 0.1) is 0 Å². The topological polar surface area (TPSA) is 29.1 Å². The number of nitrogens with one attached hydrogen (secondary N) is 1. The van der Waals surface area contributed by atoms with Gasteiger partial charge in [0.2, 0.25) is 0 Å². The molecule has 0 aromatic rings. The van der Waals surface area contributed by atoms with Crippen LogP contribution in [0, 0.1) is 5.92 Å². The van der Waals surface area contributed by atoms with E-state index in [-0.39, 0.29) is 0 Å². The molecular formula is C9H19NOS. The maximum absolute atomic E-state index is 11.0. The summed E-state index contributed by atoms with van der Waals surface area (Å²) >= 11 is 0. The van der Waals surface area contributed by atoms with E-state index < -0.39 is 10.8 Å². The Balaban J connectivity index is 1.93. The first-order valence-corrected chi connectivity index (χ1v) is 6.29. The van der Waals surface area contributed by atoms with E-state index in [0.717, 1.165) is 24.0 Å². The van der Waals surface area contributed by atoms with Crippen LogP contribution in [0.25, 0.3) is 0 Å². The molecular weight excluding hydrogens is 170 g/mol. The van der Waals surface area contributed by atoms with Crippen molar-refractivity contribution in [2.75, 3.05) is 18.1 Å². The van der Waals surface area contributed by atoms with Gasteiger partial charge in [-0.3, -0.25) is 4.21 Å². The Kier molecular flexibility index (Phi) is 4.22. The summed E-state index contributed by atoms with van der Waals surface area (Å²) < 4.78 is 11.0. The average Bonchev–Trinajstić information content (AvgIpc) is 2.01. The molecule has 1 aliphatic carbocycles. The van der Waals surface area contributed by atoms with Gasteiger partial charge in [0.15, 0.2) is 0 Å². The second-order valence-electron chi connectivity index (χ2n) is 3.66. The lowest BCUT2D eigenvalue weighted by molar-refractivity contribution is 0.246. The monoisotopic (exact) mass is 189 g/mol. The van der Waals surface area contributed by atoms with Crippen molar-refractivity contribution < 1.29 is 4.21 Å². The van der Waals surface area contributed by atoms with Crippen LogP contribution >= 0.6 is 0 Å². The van der Waals surface area contributed by atoms with Gasteiger partial charge in [-0.1, -0.05) is 13.8 Å². The molecule has 1 fully saturated rings. The summed E-state index contributed by atoms with van der Waals surface area (Å²) in [6.07, 6.45) is 2.61. The lowest BCUT2D eigenvalue weighted by Gasteiger charge is -2.33. The maximum Gasteiger partial charge on any atom is 0.0360 e. The fourth-order valence-corrected chi connectivity index (χ4v) is 2.22. The first-order chi connectivity index (χ1) is 5.72. The summed E-state index contributed by atoms with van der Waals surface area (Å²) in [5, 5.41) is 3.42. The lowest BCUT2D eigenvalue weighted by Crippen LogP contribution is -2.41. The van der Waals surface area contributed by atoms with Gasteiger partial charge in [0, 0.05) is 34.9 Å². The predicted octanol–water partition coefficient (Wildman–Crippen LogP) is 1.14. The van der Waals surface area contributed by atoms with E-state index in [2.05, 4.69) is 12.2 Å². The van der Waals surface area contributed by atoms with Crippen molar-refractivity contribution in [1.82, 2.24) is 5.32 Å². The first kappa shape index (κ1) is 10.2. The second kappa shape index (κ2) is 4.97. The highest BCUT2D eigenvalue weighted by Crippen LogP contribution is 2.25. The standard InChI is InChI=1S/C9H19NOS/c1-3-12(11)5-4-10-9-6-8(2)7-9/h8-10H,3-7H2,1-2H3. The lowest BCUT2D eigenvalue weighted by atomic mass is 9.82. The fourth-order valence-electron chi connectivity index (χ4n) is 1.59. The van der Waals surface area contributed by atoms with Crippen LogP contribution in [0.5, 0.6) is 0 Å². The number of hydrogen-bond donors (Lipinski definition) is 1. The zero-order valence-corrected chi connectivity index (χ0v) is 8.82. The van der Waals surface area contributed by atoms with Crippen LogP contribution in [0.15, 0.2) is 0 Å². The minimum Gasteiger partial charge on any atom is -0.313 e. The van der Waals surface area contributed by atoms with Gasteiger partial charge >= 0.3 is 0 Å². The van der Waals surface area contributed by atoms with E-state index >= 15 is 0 Å². The third kappa shape index (κ3) is 3.23. The Hall–Kier alpha value is 0.110. The number of rotatable bonds is 5. The van der Waals surface area contributed by atoms with Gasteiger partial charge in [-0.15, -0.1) is 0 Å². The summed E-state index contributed by atoms with van der Waals surface area (Å²) in [7, 11) is -0.593. The van der Waals surface area contributed by atoms with Crippen LogP contribution in [0.3, 0.4) is 0 Å². The first-order valence-electron chi connectivity index (χ1n) is 4.80. The normalized spacial score (nSPS) is 31.2. The molecule has 0 aromatic carbocycles. The highest BCUT2D eigenvalue weighted by Gasteiger charge is 2.24. The van der Waals surface area contributed by atoms with Crippen molar-refractivity contribution in [2.24, 2.45) is 5.92 Å². The molecule has 0 heterocycles. The van der Waals surface area contributed by atoms with Crippen molar-refractivity contribution in [1.29, 1.82) is 0 Å². The summed E-state index contributed by atoms with van der Waals surface area (Å²) in [6, 6.07) is 0.717.